The zero-order chi connectivity index (χ0) is 11.8. The van der Waals surface area contributed by atoms with E-state index in [4.69, 9.17) is 5.11 Å². The number of hydrogen-bond acceptors (Lipinski definition) is 3. The summed E-state index contributed by atoms with van der Waals surface area (Å²) in [7, 11) is 0. The lowest BCUT2D eigenvalue weighted by Gasteiger charge is -2.21. The smallest absolute Gasteiger partial charge is 0.304 e. The molecule has 0 radical (unpaired) electrons. The zero-order valence-electron chi connectivity index (χ0n) is 9.60. The van der Waals surface area contributed by atoms with E-state index in [0.717, 1.165) is 24.4 Å². The van der Waals surface area contributed by atoms with E-state index in [1.165, 1.54) is 0 Å². The molecule has 1 heterocycles. The van der Waals surface area contributed by atoms with Crippen molar-refractivity contribution >= 4 is 5.97 Å². The van der Waals surface area contributed by atoms with Crippen LogP contribution in [0, 0.1) is 0 Å². The molecule has 0 unspecified atom stereocenters. The molecule has 0 atom stereocenters. The van der Waals surface area contributed by atoms with Gasteiger partial charge in [-0.3, -0.25) is 4.79 Å². The van der Waals surface area contributed by atoms with E-state index in [0.29, 0.717) is 5.92 Å². The Morgan fingerprint density at radius 3 is 2.81 bits per heavy atom. The fraction of sp³-hybridized carbons (Fsp3) is 0.583. The third-order valence-corrected chi connectivity index (χ3v) is 2.90. The van der Waals surface area contributed by atoms with E-state index in [1.54, 1.807) is 6.20 Å². The minimum Gasteiger partial charge on any atom is -0.481 e. The highest BCUT2D eigenvalue weighted by Gasteiger charge is 2.30. The topological polar surface area (TPSA) is 63.1 Å². The van der Waals surface area contributed by atoms with Crippen LogP contribution in [0.15, 0.2) is 12.3 Å². The van der Waals surface area contributed by atoms with Crippen molar-refractivity contribution in [1.29, 1.82) is 0 Å². The van der Waals surface area contributed by atoms with E-state index >= 15 is 0 Å². The molecule has 0 saturated heterocycles. The maximum Gasteiger partial charge on any atom is 0.304 e. The maximum absolute atomic E-state index is 10.8. The van der Waals surface area contributed by atoms with Crippen molar-refractivity contribution in [3.63, 3.8) is 0 Å². The van der Waals surface area contributed by atoms with Crippen LogP contribution in [-0.4, -0.2) is 21.0 Å². The molecule has 0 spiro atoms. The van der Waals surface area contributed by atoms with E-state index in [9.17, 15) is 4.79 Å². The molecule has 1 fully saturated rings. The molecule has 1 N–H and O–H groups in total. The molecule has 1 saturated carbocycles. The summed E-state index contributed by atoms with van der Waals surface area (Å²) >= 11 is 0. The second-order valence-electron chi connectivity index (χ2n) is 5.03. The molecule has 16 heavy (non-hydrogen) atoms. The van der Waals surface area contributed by atoms with Gasteiger partial charge in [0.2, 0.25) is 0 Å². The molecule has 1 aliphatic carbocycles. The number of nitrogens with zero attached hydrogens (tertiary/aromatic N) is 2. The van der Waals surface area contributed by atoms with Crippen molar-refractivity contribution < 1.29 is 9.90 Å². The number of carbonyl (C=O) groups is 1. The van der Waals surface area contributed by atoms with Crippen LogP contribution >= 0.6 is 0 Å². The van der Waals surface area contributed by atoms with Crippen molar-refractivity contribution in [2.24, 2.45) is 0 Å². The molecule has 4 nitrogen and oxygen atoms in total. The Labute approximate surface area is 94.7 Å². The highest BCUT2D eigenvalue weighted by atomic mass is 16.4. The van der Waals surface area contributed by atoms with Gasteiger partial charge in [-0.05, 0) is 18.9 Å². The van der Waals surface area contributed by atoms with Gasteiger partial charge in [0.05, 0.1) is 12.1 Å². The van der Waals surface area contributed by atoms with Crippen LogP contribution in [0.3, 0.4) is 0 Å². The number of rotatable bonds is 4. The van der Waals surface area contributed by atoms with Crippen molar-refractivity contribution in [3.8, 4) is 0 Å². The van der Waals surface area contributed by atoms with Gasteiger partial charge in [0.15, 0.2) is 0 Å². The summed E-state index contributed by atoms with van der Waals surface area (Å²) in [6.07, 6.45) is 4.14. The summed E-state index contributed by atoms with van der Waals surface area (Å²) in [5.74, 6) is 0.577. The molecule has 0 aromatic carbocycles. The first-order chi connectivity index (χ1) is 7.49. The van der Waals surface area contributed by atoms with Gasteiger partial charge in [-0.25, -0.2) is 9.97 Å². The maximum atomic E-state index is 10.8. The van der Waals surface area contributed by atoms with E-state index in [2.05, 4.69) is 9.97 Å². The Morgan fingerprint density at radius 1 is 1.56 bits per heavy atom. The summed E-state index contributed by atoms with van der Waals surface area (Å²) in [4.78, 5) is 19.5. The number of carboxylic acids is 1. The molecular weight excluding hydrogens is 204 g/mol. The Balaban J connectivity index is 2.24. The predicted octanol–water partition coefficient (Wildman–Crippen LogP) is 2.11. The quantitative estimate of drug-likeness (QED) is 0.844. The van der Waals surface area contributed by atoms with E-state index < -0.39 is 11.4 Å². The molecular formula is C12H16N2O2. The van der Waals surface area contributed by atoms with Crippen molar-refractivity contribution in [1.82, 2.24) is 9.97 Å². The molecule has 0 aliphatic heterocycles. The first-order valence-corrected chi connectivity index (χ1v) is 5.54. The second kappa shape index (κ2) is 3.85. The number of aromatic nitrogens is 2. The third-order valence-electron chi connectivity index (χ3n) is 2.90. The largest absolute Gasteiger partial charge is 0.481 e. The van der Waals surface area contributed by atoms with Crippen LogP contribution in [0.1, 0.15) is 50.5 Å². The molecule has 4 heteroatoms. The SMILES string of the molecule is CC(C)(CC(=O)O)c1ccnc(C2CC2)n1. The highest BCUT2D eigenvalue weighted by molar-refractivity contribution is 5.68. The Morgan fingerprint density at radius 2 is 2.25 bits per heavy atom. The number of aliphatic carboxylic acids is 1. The van der Waals surface area contributed by atoms with Crippen molar-refractivity contribution in [3.05, 3.63) is 23.8 Å². The van der Waals surface area contributed by atoms with Gasteiger partial charge >= 0.3 is 5.97 Å². The van der Waals surface area contributed by atoms with Crippen LogP contribution in [0.2, 0.25) is 0 Å². The summed E-state index contributed by atoms with van der Waals surface area (Å²) in [5, 5.41) is 8.86. The van der Waals surface area contributed by atoms with Gasteiger partial charge in [-0.2, -0.15) is 0 Å². The molecule has 1 aromatic rings. The standard InChI is InChI=1S/C12H16N2O2/c1-12(2,7-10(15)16)9-5-6-13-11(14-9)8-3-4-8/h5-6,8H,3-4,7H2,1-2H3,(H,15,16). The highest BCUT2D eigenvalue weighted by Crippen LogP contribution is 2.38. The zero-order valence-corrected chi connectivity index (χ0v) is 9.60. The van der Waals surface area contributed by atoms with Crippen LogP contribution in [0.4, 0.5) is 0 Å². The van der Waals surface area contributed by atoms with Gasteiger partial charge in [0.25, 0.3) is 0 Å². The van der Waals surface area contributed by atoms with Crippen molar-refractivity contribution in [2.45, 2.75) is 44.4 Å². The normalized spacial score (nSPS) is 16.1. The molecule has 0 bridgehead atoms. The van der Waals surface area contributed by atoms with Crippen LogP contribution in [0.25, 0.3) is 0 Å². The number of hydrogen-bond donors (Lipinski definition) is 1. The molecule has 1 aromatic heterocycles. The van der Waals surface area contributed by atoms with Crippen LogP contribution < -0.4 is 0 Å². The Kier molecular flexibility index (Phi) is 2.66. The minimum atomic E-state index is -0.795. The Bertz CT molecular complexity index is 411. The summed E-state index contributed by atoms with van der Waals surface area (Å²) in [5.41, 5.74) is 0.394. The fourth-order valence-corrected chi connectivity index (χ4v) is 1.76. The molecule has 86 valence electrons. The summed E-state index contributed by atoms with van der Waals surface area (Å²) < 4.78 is 0. The second-order valence-corrected chi connectivity index (χ2v) is 5.03. The predicted molar refractivity (Wildman–Crippen MR) is 59.3 cm³/mol. The van der Waals surface area contributed by atoms with Gasteiger partial charge < -0.3 is 5.11 Å². The Hall–Kier alpha value is -1.45. The average Bonchev–Trinajstić information content (AvgIpc) is 2.99. The molecule has 0 amide bonds. The fourth-order valence-electron chi connectivity index (χ4n) is 1.76. The van der Waals surface area contributed by atoms with Crippen LogP contribution in [0.5, 0.6) is 0 Å². The molecule has 2 rings (SSSR count). The third kappa shape index (κ3) is 2.38. The lowest BCUT2D eigenvalue weighted by atomic mass is 9.85. The van der Waals surface area contributed by atoms with Gasteiger partial charge in [-0.1, -0.05) is 13.8 Å². The van der Waals surface area contributed by atoms with E-state index in [-0.39, 0.29) is 6.42 Å². The minimum absolute atomic E-state index is 0.0914. The van der Waals surface area contributed by atoms with E-state index in [1.807, 2.05) is 19.9 Å². The van der Waals surface area contributed by atoms with Crippen molar-refractivity contribution in [2.75, 3.05) is 0 Å². The first-order valence-electron chi connectivity index (χ1n) is 5.54. The average molecular weight is 220 g/mol. The monoisotopic (exact) mass is 220 g/mol. The molecule has 1 aliphatic rings. The lowest BCUT2D eigenvalue weighted by Crippen LogP contribution is -2.23. The lowest BCUT2D eigenvalue weighted by molar-refractivity contribution is -0.138. The van der Waals surface area contributed by atoms with Gasteiger partial charge in [-0.15, -0.1) is 0 Å². The first kappa shape index (κ1) is 11.0. The van der Waals surface area contributed by atoms with Gasteiger partial charge in [0, 0.05) is 17.5 Å². The summed E-state index contributed by atoms with van der Waals surface area (Å²) in [6, 6.07) is 1.81. The number of carboxylic acid groups (broad SMARTS) is 1. The van der Waals surface area contributed by atoms with Crippen LogP contribution in [-0.2, 0) is 10.2 Å². The summed E-state index contributed by atoms with van der Waals surface area (Å²) in [6.45, 7) is 3.81. The van der Waals surface area contributed by atoms with Gasteiger partial charge in [0.1, 0.15) is 5.82 Å².